The maximum Gasteiger partial charge on any atom is 0.248 e. The Morgan fingerprint density at radius 2 is 2.05 bits per heavy atom. The number of aromatic hydroxyl groups is 1. The number of hydrogen-bond donors (Lipinski definition) is 4. The third-order valence-electron chi connectivity index (χ3n) is 3.56. The molecule has 0 radical (unpaired) electrons. The van der Waals surface area contributed by atoms with Crippen LogP contribution in [-0.4, -0.2) is 28.3 Å². The summed E-state index contributed by atoms with van der Waals surface area (Å²) in [6.45, 7) is 3.47. The van der Waals surface area contributed by atoms with Gasteiger partial charge < -0.3 is 20.5 Å². The molecule has 2 rings (SSSR count). The Kier molecular flexibility index (Phi) is 5.36. The predicted octanol–water partition coefficient (Wildman–Crippen LogP) is 2.05. The summed E-state index contributed by atoms with van der Waals surface area (Å²) < 4.78 is 0. The van der Waals surface area contributed by atoms with E-state index in [-0.39, 0.29) is 11.3 Å². The number of phenolic OH excluding ortho intramolecular Hbond substituents is 1. The molecular weight excluding hydrogens is 268 g/mol. The second-order valence-corrected chi connectivity index (χ2v) is 5.21. The highest BCUT2D eigenvalue weighted by Gasteiger charge is 2.13. The number of rotatable bonds is 7. The van der Waals surface area contributed by atoms with Crippen LogP contribution in [0.15, 0.2) is 29.1 Å². The van der Waals surface area contributed by atoms with Crippen LogP contribution in [0.1, 0.15) is 37.9 Å². The highest BCUT2D eigenvalue weighted by molar-refractivity contribution is 5.87. The fourth-order valence-electron chi connectivity index (χ4n) is 2.40. The lowest BCUT2D eigenvalue weighted by Crippen LogP contribution is -2.22. The largest absolute Gasteiger partial charge is 0.506 e. The number of phenols is 1. The van der Waals surface area contributed by atoms with Gasteiger partial charge >= 0.3 is 0 Å². The first-order valence-corrected chi connectivity index (χ1v) is 7.37. The SMILES string of the molecule is CCCCCNCC(O)c1ccc(O)c2[nH]c(=O)ccc12. The van der Waals surface area contributed by atoms with E-state index in [1.165, 1.54) is 25.0 Å². The maximum absolute atomic E-state index is 11.3. The molecule has 0 aliphatic heterocycles. The van der Waals surface area contributed by atoms with Crippen LogP contribution in [0.2, 0.25) is 0 Å². The Labute approximate surface area is 123 Å². The van der Waals surface area contributed by atoms with Crippen LogP contribution in [0.4, 0.5) is 0 Å². The molecule has 4 N–H and O–H groups in total. The van der Waals surface area contributed by atoms with Crippen LogP contribution < -0.4 is 10.9 Å². The van der Waals surface area contributed by atoms with Crippen molar-refractivity contribution in [3.8, 4) is 5.75 Å². The van der Waals surface area contributed by atoms with E-state index < -0.39 is 6.10 Å². The van der Waals surface area contributed by atoms with Crippen LogP contribution in [0.3, 0.4) is 0 Å². The van der Waals surface area contributed by atoms with Crippen molar-refractivity contribution in [3.05, 3.63) is 40.2 Å². The number of unbranched alkanes of at least 4 members (excludes halogenated alkanes) is 2. The first kappa shape index (κ1) is 15.5. The van der Waals surface area contributed by atoms with Crippen LogP contribution >= 0.6 is 0 Å². The number of fused-ring (bicyclic) bond motifs is 1. The highest BCUT2D eigenvalue weighted by Crippen LogP contribution is 2.28. The summed E-state index contributed by atoms with van der Waals surface area (Å²) in [4.78, 5) is 13.9. The van der Waals surface area contributed by atoms with Gasteiger partial charge in [-0.25, -0.2) is 0 Å². The number of aromatic nitrogens is 1. The molecule has 1 aromatic heterocycles. The zero-order chi connectivity index (χ0) is 15.2. The van der Waals surface area contributed by atoms with Crippen molar-refractivity contribution in [1.82, 2.24) is 10.3 Å². The summed E-state index contributed by atoms with van der Waals surface area (Å²) in [7, 11) is 0. The highest BCUT2D eigenvalue weighted by atomic mass is 16.3. The van der Waals surface area contributed by atoms with Crippen molar-refractivity contribution in [2.75, 3.05) is 13.1 Å². The molecule has 0 saturated carbocycles. The Balaban J connectivity index is 2.14. The Bertz CT molecular complexity index is 652. The molecule has 0 spiro atoms. The monoisotopic (exact) mass is 290 g/mol. The van der Waals surface area contributed by atoms with Crippen LogP contribution in [-0.2, 0) is 0 Å². The molecule has 0 bridgehead atoms. The summed E-state index contributed by atoms with van der Waals surface area (Å²) in [6.07, 6.45) is 2.75. The van der Waals surface area contributed by atoms with Crippen molar-refractivity contribution in [3.63, 3.8) is 0 Å². The van der Waals surface area contributed by atoms with Crippen LogP contribution in [0.25, 0.3) is 10.9 Å². The van der Waals surface area contributed by atoms with Crippen molar-refractivity contribution in [2.45, 2.75) is 32.3 Å². The zero-order valence-corrected chi connectivity index (χ0v) is 12.2. The molecule has 2 aromatic rings. The average molecular weight is 290 g/mol. The van der Waals surface area contributed by atoms with Gasteiger partial charge in [0.15, 0.2) is 0 Å². The minimum absolute atomic E-state index is 0.00885. The number of aliphatic hydroxyl groups is 1. The minimum atomic E-state index is -0.680. The molecule has 1 atom stereocenters. The molecule has 5 heteroatoms. The summed E-state index contributed by atoms with van der Waals surface area (Å²) in [5.74, 6) is 0.00885. The second kappa shape index (κ2) is 7.24. The number of H-pyrrole nitrogens is 1. The second-order valence-electron chi connectivity index (χ2n) is 5.21. The van der Waals surface area contributed by atoms with Gasteiger partial charge in [0.2, 0.25) is 5.56 Å². The molecule has 0 fully saturated rings. The first-order valence-electron chi connectivity index (χ1n) is 7.37. The molecule has 21 heavy (non-hydrogen) atoms. The molecule has 114 valence electrons. The van der Waals surface area contributed by atoms with Crippen molar-refractivity contribution >= 4 is 10.9 Å². The van der Waals surface area contributed by atoms with E-state index >= 15 is 0 Å². The molecule has 0 saturated heterocycles. The van der Waals surface area contributed by atoms with Gasteiger partial charge in [-0.1, -0.05) is 25.8 Å². The Morgan fingerprint density at radius 3 is 2.81 bits per heavy atom. The molecule has 1 heterocycles. The molecular formula is C16H22N2O3. The van der Waals surface area contributed by atoms with Gasteiger partial charge in [-0.3, -0.25) is 4.79 Å². The Hall–Kier alpha value is -1.85. The number of nitrogens with one attached hydrogen (secondary N) is 2. The third kappa shape index (κ3) is 3.83. The van der Waals surface area contributed by atoms with E-state index in [1.54, 1.807) is 12.1 Å². The van der Waals surface area contributed by atoms with Crippen LogP contribution in [0, 0.1) is 0 Å². The zero-order valence-electron chi connectivity index (χ0n) is 12.2. The fourth-order valence-corrected chi connectivity index (χ4v) is 2.40. The van der Waals surface area contributed by atoms with Gasteiger partial charge in [0.05, 0.1) is 11.6 Å². The van der Waals surface area contributed by atoms with Gasteiger partial charge in [0.1, 0.15) is 5.75 Å². The van der Waals surface area contributed by atoms with E-state index in [9.17, 15) is 15.0 Å². The normalized spacial score (nSPS) is 12.7. The number of pyridine rings is 1. The minimum Gasteiger partial charge on any atom is -0.506 e. The standard InChI is InChI=1S/C16H22N2O3/c1-2-3-4-9-17-10-14(20)11-5-7-13(19)16-12(11)6-8-15(21)18-16/h5-8,14,17,19-20H,2-4,9-10H2,1H3,(H,18,21). The van der Waals surface area contributed by atoms with Gasteiger partial charge in [-0.15, -0.1) is 0 Å². The van der Waals surface area contributed by atoms with E-state index in [0.29, 0.717) is 23.0 Å². The lowest BCUT2D eigenvalue weighted by Gasteiger charge is -2.15. The molecule has 1 unspecified atom stereocenters. The van der Waals surface area contributed by atoms with E-state index in [4.69, 9.17) is 0 Å². The molecule has 0 aliphatic carbocycles. The summed E-state index contributed by atoms with van der Waals surface area (Å²) in [5, 5.41) is 24.0. The van der Waals surface area contributed by atoms with Gasteiger partial charge in [-0.2, -0.15) is 0 Å². The number of aliphatic hydroxyl groups excluding tert-OH is 1. The third-order valence-corrected chi connectivity index (χ3v) is 3.56. The summed E-state index contributed by atoms with van der Waals surface area (Å²) in [6, 6.07) is 6.21. The molecule has 0 amide bonds. The molecule has 0 aliphatic rings. The van der Waals surface area contributed by atoms with Gasteiger partial charge in [-0.05, 0) is 30.7 Å². The smallest absolute Gasteiger partial charge is 0.248 e. The quantitative estimate of drug-likeness (QED) is 0.588. The lowest BCUT2D eigenvalue weighted by atomic mass is 10.0. The van der Waals surface area contributed by atoms with Gasteiger partial charge in [0, 0.05) is 18.0 Å². The van der Waals surface area contributed by atoms with Crippen molar-refractivity contribution < 1.29 is 10.2 Å². The van der Waals surface area contributed by atoms with Crippen molar-refractivity contribution in [1.29, 1.82) is 0 Å². The molecule has 5 nitrogen and oxygen atoms in total. The summed E-state index contributed by atoms with van der Waals surface area (Å²) in [5.41, 5.74) is 0.786. The van der Waals surface area contributed by atoms with E-state index in [1.807, 2.05) is 0 Å². The van der Waals surface area contributed by atoms with Crippen LogP contribution in [0.5, 0.6) is 5.75 Å². The fraction of sp³-hybridized carbons (Fsp3) is 0.438. The van der Waals surface area contributed by atoms with E-state index in [2.05, 4.69) is 17.2 Å². The maximum atomic E-state index is 11.3. The summed E-state index contributed by atoms with van der Waals surface area (Å²) >= 11 is 0. The predicted molar refractivity (Wildman–Crippen MR) is 83.6 cm³/mol. The number of hydrogen-bond acceptors (Lipinski definition) is 4. The van der Waals surface area contributed by atoms with Crippen molar-refractivity contribution in [2.24, 2.45) is 0 Å². The van der Waals surface area contributed by atoms with E-state index in [0.717, 1.165) is 13.0 Å². The first-order chi connectivity index (χ1) is 10.1. The molecule has 1 aromatic carbocycles. The number of benzene rings is 1. The topological polar surface area (TPSA) is 85.3 Å². The Morgan fingerprint density at radius 1 is 1.24 bits per heavy atom. The lowest BCUT2D eigenvalue weighted by molar-refractivity contribution is 0.176. The van der Waals surface area contributed by atoms with Gasteiger partial charge in [0.25, 0.3) is 0 Å². The number of aromatic amines is 1. The average Bonchev–Trinajstić information content (AvgIpc) is 2.48.